The third kappa shape index (κ3) is 3.74. The number of nitrogens with two attached hydrogens (primary N) is 1. The van der Waals surface area contributed by atoms with Gasteiger partial charge in [-0.25, -0.2) is 0 Å². The van der Waals surface area contributed by atoms with Crippen LogP contribution < -0.4 is 11.1 Å². The molecule has 3 N–H and O–H groups in total. The highest BCUT2D eigenvalue weighted by Crippen LogP contribution is 2.27. The van der Waals surface area contributed by atoms with Gasteiger partial charge >= 0.3 is 0 Å². The minimum Gasteiger partial charge on any atom is -0.327 e. The van der Waals surface area contributed by atoms with Crippen LogP contribution >= 0.6 is 11.3 Å². The Morgan fingerprint density at radius 1 is 1.35 bits per heavy atom. The number of carbonyl (C=O) groups is 1. The highest BCUT2D eigenvalue weighted by molar-refractivity contribution is 7.15. The predicted octanol–water partition coefficient (Wildman–Crippen LogP) is 1.76. The Morgan fingerprint density at radius 3 is 2.35 bits per heavy atom. The standard InChI is InChI=1S/C11H20N4OS/c1-6(7(2)12)8(16)13-10-15-14-9(17-10)11(3,4)5/h6-7H,12H2,1-5H3,(H,13,15,16). The molecule has 2 unspecified atom stereocenters. The lowest BCUT2D eigenvalue weighted by Gasteiger charge is -2.14. The van der Waals surface area contributed by atoms with Gasteiger partial charge in [-0.2, -0.15) is 0 Å². The smallest absolute Gasteiger partial charge is 0.230 e. The highest BCUT2D eigenvalue weighted by Gasteiger charge is 2.22. The van der Waals surface area contributed by atoms with Gasteiger partial charge in [-0.1, -0.05) is 39.0 Å². The van der Waals surface area contributed by atoms with Crippen molar-refractivity contribution in [2.45, 2.75) is 46.1 Å². The summed E-state index contributed by atoms with van der Waals surface area (Å²) in [5, 5.41) is 12.2. The molecule has 1 aromatic heterocycles. The summed E-state index contributed by atoms with van der Waals surface area (Å²) in [6, 6.07) is -0.176. The molecule has 2 atom stereocenters. The van der Waals surface area contributed by atoms with Gasteiger partial charge in [0, 0.05) is 11.5 Å². The molecule has 6 heteroatoms. The van der Waals surface area contributed by atoms with Gasteiger partial charge < -0.3 is 11.1 Å². The molecule has 0 aromatic carbocycles. The molecule has 17 heavy (non-hydrogen) atoms. The van der Waals surface area contributed by atoms with Crippen LogP contribution in [0, 0.1) is 5.92 Å². The van der Waals surface area contributed by atoms with Crippen LogP contribution in [-0.2, 0) is 10.2 Å². The number of hydrogen-bond acceptors (Lipinski definition) is 5. The topological polar surface area (TPSA) is 80.9 Å². The SMILES string of the molecule is CC(N)C(C)C(=O)Nc1nnc(C(C)(C)C)s1. The molecule has 0 aliphatic heterocycles. The Kier molecular flexibility index (Phi) is 4.21. The second-order valence-corrected chi connectivity index (χ2v) is 6.28. The average Bonchev–Trinajstić information content (AvgIpc) is 2.64. The van der Waals surface area contributed by atoms with Gasteiger partial charge in [0.1, 0.15) is 5.01 Å². The fourth-order valence-corrected chi connectivity index (χ4v) is 1.84. The van der Waals surface area contributed by atoms with Gasteiger partial charge in [0.2, 0.25) is 11.0 Å². The number of amides is 1. The van der Waals surface area contributed by atoms with Crippen LogP contribution in [0.3, 0.4) is 0 Å². The molecule has 0 aliphatic rings. The molecule has 5 nitrogen and oxygen atoms in total. The lowest BCUT2D eigenvalue weighted by molar-refractivity contribution is -0.119. The van der Waals surface area contributed by atoms with Crippen molar-refractivity contribution in [3.05, 3.63) is 5.01 Å². The van der Waals surface area contributed by atoms with Gasteiger partial charge in [0.25, 0.3) is 0 Å². The van der Waals surface area contributed by atoms with Gasteiger partial charge in [-0.15, -0.1) is 10.2 Å². The number of anilines is 1. The molecule has 0 radical (unpaired) electrons. The van der Waals surface area contributed by atoms with Crippen molar-refractivity contribution in [1.29, 1.82) is 0 Å². The number of nitrogens with one attached hydrogen (secondary N) is 1. The monoisotopic (exact) mass is 256 g/mol. The number of carbonyl (C=O) groups excluding carboxylic acids is 1. The minimum atomic E-state index is -0.239. The van der Waals surface area contributed by atoms with Crippen molar-refractivity contribution >= 4 is 22.4 Å². The Morgan fingerprint density at radius 2 is 1.94 bits per heavy atom. The van der Waals surface area contributed by atoms with E-state index in [9.17, 15) is 4.79 Å². The average molecular weight is 256 g/mol. The van der Waals surface area contributed by atoms with Crippen LogP contribution in [0.4, 0.5) is 5.13 Å². The molecular weight excluding hydrogens is 236 g/mol. The first kappa shape index (κ1) is 14.1. The normalized spacial score (nSPS) is 15.4. The zero-order valence-electron chi connectivity index (χ0n) is 10.9. The fourth-order valence-electron chi connectivity index (χ4n) is 1.03. The Labute approximate surface area is 106 Å². The van der Waals surface area contributed by atoms with E-state index in [2.05, 4.69) is 36.3 Å². The number of rotatable bonds is 3. The highest BCUT2D eigenvalue weighted by atomic mass is 32.1. The second kappa shape index (κ2) is 5.10. The quantitative estimate of drug-likeness (QED) is 0.863. The van der Waals surface area contributed by atoms with Crippen LogP contribution in [0.2, 0.25) is 0 Å². The van der Waals surface area contributed by atoms with Gasteiger partial charge in [-0.3, -0.25) is 4.79 Å². The first-order chi connectivity index (χ1) is 7.71. The Bertz CT molecular complexity index is 394. The van der Waals surface area contributed by atoms with E-state index >= 15 is 0 Å². The zero-order valence-corrected chi connectivity index (χ0v) is 11.8. The molecule has 0 aliphatic carbocycles. The molecule has 0 spiro atoms. The molecule has 0 bridgehead atoms. The Hall–Kier alpha value is -1.01. The third-order valence-electron chi connectivity index (χ3n) is 2.50. The molecule has 0 saturated carbocycles. The summed E-state index contributed by atoms with van der Waals surface area (Å²) in [6.07, 6.45) is 0. The van der Waals surface area contributed by atoms with E-state index < -0.39 is 0 Å². The minimum absolute atomic E-state index is 0.0482. The van der Waals surface area contributed by atoms with Crippen molar-refractivity contribution in [2.75, 3.05) is 5.32 Å². The third-order valence-corrected chi connectivity index (χ3v) is 3.76. The van der Waals surface area contributed by atoms with Crippen molar-refractivity contribution in [3.8, 4) is 0 Å². The molecule has 96 valence electrons. The van der Waals surface area contributed by atoms with E-state index in [1.54, 1.807) is 6.92 Å². The fraction of sp³-hybridized carbons (Fsp3) is 0.727. The largest absolute Gasteiger partial charge is 0.327 e. The summed E-state index contributed by atoms with van der Waals surface area (Å²) in [6.45, 7) is 9.79. The second-order valence-electron chi connectivity index (χ2n) is 5.30. The van der Waals surface area contributed by atoms with E-state index in [1.165, 1.54) is 11.3 Å². The summed E-state index contributed by atoms with van der Waals surface area (Å²) in [7, 11) is 0. The number of aromatic nitrogens is 2. The van der Waals surface area contributed by atoms with Crippen LogP contribution in [0.1, 0.15) is 39.6 Å². The maximum Gasteiger partial charge on any atom is 0.230 e. The molecule has 1 aromatic rings. The first-order valence-corrected chi connectivity index (χ1v) is 6.44. The number of nitrogens with zero attached hydrogens (tertiary/aromatic N) is 2. The summed E-state index contributed by atoms with van der Waals surface area (Å²) in [4.78, 5) is 11.8. The van der Waals surface area contributed by atoms with E-state index in [0.717, 1.165) is 5.01 Å². The lowest BCUT2D eigenvalue weighted by Crippen LogP contribution is -2.34. The first-order valence-electron chi connectivity index (χ1n) is 5.62. The van der Waals surface area contributed by atoms with Crippen LogP contribution in [0.15, 0.2) is 0 Å². The van der Waals surface area contributed by atoms with E-state index in [4.69, 9.17) is 5.73 Å². The maximum atomic E-state index is 11.8. The van der Waals surface area contributed by atoms with Crippen LogP contribution in [0.25, 0.3) is 0 Å². The summed E-state index contributed by atoms with van der Waals surface area (Å²) >= 11 is 1.40. The lowest BCUT2D eigenvalue weighted by atomic mass is 9.98. The van der Waals surface area contributed by atoms with Gasteiger partial charge in [-0.05, 0) is 6.92 Å². The molecule has 1 rings (SSSR count). The van der Waals surface area contributed by atoms with Crippen LogP contribution in [0.5, 0.6) is 0 Å². The van der Waals surface area contributed by atoms with Gasteiger partial charge in [0.05, 0.1) is 5.92 Å². The molecule has 0 fully saturated rings. The van der Waals surface area contributed by atoms with E-state index in [1.807, 2.05) is 6.92 Å². The van der Waals surface area contributed by atoms with Crippen molar-refractivity contribution < 1.29 is 4.79 Å². The number of hydrogen-bond donors (Lipinski definition) is 2. The van der Waals surface area contributed by atoms with E-state index in [0.29, 0.717) is 5.13 Å². The van der Waals surface area contributed by atoms with Crippen LogP contribution in [-0.4, -0.2) is 22.1 Å². The van der Waals surface area contributed by atoms with Crippen molar-refractivity contribution in [3.63, 3.8) is 0 Å². The summed E-state index contributed by atoms with van der Waals surface area (Å²) < 4.78 is 0. The Balaban J connectivity index is 2.71. The van der Waals surface area contributed by atoms with Crippen molar-refractivity contribution in [2.24, 2.45) is 11.7 Å². The molecular formula is C11H20N4OS. The zero-order chi connectivity index (χ0) is 13.2. The molecule has 1 heterocycles. The predicted molar refractivity (Wildman–Crippen MR) is 70.1 cm³/mol. The maximum absolute atomic E-state index is 11.8. The van der Waals surface area contributed by atoms with Crippen molar-refractivity contribution in [1.82, 2.24) is 10.2 Å². The summed E-state index contributed by atoms with van der Waals surface area (Å²) in [5.74, 6) is -0.353. The molecule has 1 amide bonds. The summed E-state index contributed by atoms with van der Waals surface area (Å²) in [5.41, 5.74) is 5.62. The molecule has 0 saturated heterocycles. The van der Waals surface area contributed by atoms with E-state index in [-0.39, 0.29) is 23.3 Å². The van der Waals surface area contributed by atoms with Gasteiger partial charge in [0.15, 0.2) is 0 Å².